The quantitative estimate of drug-likeness (QED) is 0.0765. The summed E-state index contributed by atoms with van der Waals surface area (Å²) in [6, 6.07) is 21.0. The minimum atomic E-state index is -1.29. The summed E-state index contributed by atoms with van der Waals surface area (Å²) in [6.45, 7) is 7.48. The summed E-state index contributed by atoms with van der Waals surface area (Å²) in [4.78, 5) is 2.51. The Labute approximate surface area is 315 Å². The molecule has 8 nitrogen and oxygen atoms in total. The van der Waals surface area contributed by atoms with Gasteiger partial charge in [-0.1, -0.05) is 65.1 Å². The summed E-state index contributed by atoms with van der Waals surface area (Å²) in [5, 5.41) is 33.9. The zero-order valence-electron chi connectivity index (χ0n) is 29.2. The molecule has 1 fully saturated rings. The van der Waals surface area contributed by atoms with Crippen molar-refractivity contribution in [1.82, 2.24) is 10.2 Å². The Kier molecular flexibility index (Phi) is 14.3. The van der Waals surface area contributed by atoms with E-state index in [-0.39, 0.29) is 19.8 Å². The lowest BCUT2D eigenvalue weighted by molar-refractivity contribution is 0.0412. The van der Waals surface area contributed by atoms with E-state index < -0.39 is 25.4 Å². The molecular weight excluding hydrogens is 711 g/mol. The van der Waals surface area contributed by atoms with Crippen LogP contribution in [0.2, 0.25) is 15.1 Å². The van der Waals surface area contributed by atoms with Gasteiger partial charge in [-0.3, -0.25) is 0 Å². The van der Waals surface area contributed by atoms with Gasteiger partial charge in [0.15, 0.2) is 0 Å². The van der Waals surface area contributed by atoms with Crippen LogP contribution >= 0.6 is 34.8 Å². The van der Waals surface area contributed by atoms with E-state index >= 15 is 0 Å². The third-order valence-electron chi connectivity index (χ3n) is 9.47. The summed E-state index contributed by atoms with van der Waals surface area (Å²) in [6.07, 6.45) is 3.60. The lowest BCUT2D eigenvalue weighted by atomic mass is 9.93. The number of rotatable bonds is 18. The highest BCUT2D eigenvalue weighted by atomic mass is 35.5. The first-order valence-electron chi connectivity index (χ1n) is 17.3. The Balaban J connectivity index is 1.33. The van der Waals surface area contributed by atoms with Crippen molar-refractivity contribution in [1.29, 1.82) is 0 Å². The fourth-order valence-corrected chi connectivity index (χ4v) is 7.05. The van der Waals surface area contributed by atoms with Gasteiger partial charge in [0.25, 0.3) is 0 Å². The minimum absolute atomic E-state index is 0.134. The second kappa shape index (κ2) is 18.6. The molecule has 0 aromatic heterocycles. The second-order valence-corrected chi connectivity index (χ2v) is 14.4. The van der Waals surface area contributed by atoms with Gasteiger partial charge >= 0.3 is 0 Å². The van der Waals surface area contributed by atoms with Crippen LogP contribution in [0.3, 0.4) is 0 Å². The maximum atomic E-state index is 9.83. The second-order valence-electron chi connectivity index (χ2n) is 13.1. The van der Waals surface area contributed by atoms with E-state index in [1.54, 1.807) is 30.3 Å². The number of nitrogens with zero attached hydrogens (tertiary/aromatic N) is 1. The van der Waals surface area contributed by atoms with Gasteiger partial charge in [0.2, 0.25) is 0 Å². The normalized spacial score (nSPS) is 13.5. The van der Waals surface area contributed by atoms with Crippen LogP contribution in [0.5, 0.6) is 17.2 Å². The fraction of sp³-hybridized carbons (Fsp3) is 0.400. The molecule has 0 amide bonds. The lowest BCUT2D eigenvalue weighted by Gasteiger charge is -2.29. The number of aliphatic hydroxyl groups excluding tert-OH is 3. The average Bonchev–Trinajstić information content (AvgIpc) is 3.65. The molecule has 0 saturated carbocycles. The molecule has 274 valence electrons. The van der Waals surface area contributed by atoms with Crippen LogP contribution < -0.4 is 19.5 Å². The van der Waals surface area contributed by atoms with E-state index in [0.29, 0.717) is 38.7 Å². The lowest BCUT2D eigenvalue weighted by Crippen LogP contribution is -2.54. The standard InChI is InChI=1S/C40H47Cl3N2O6/c1-27-30(8-5-9-34(27)35-10-6-11-37(28(35)2)49-15-7-14-45-12-3-4-13-45)23-51-39-20-38(50-22-29-16-32(41)19-33(42)17-29)31(18-36(39)43)21-44-40(24-46,25-47)26-48/h5-6,8-11,16-20,44,46-48H,3-4,7,12-15,21-26H2,1-2H3. The van der Waals surface area contributed by atoms with Crippen molar-refractivity contribution in [3.63, 3.8) is 0 Å². The SMILES string of the molecule is Cc1c(COc2cc(OCc3cc(Cl)cc(Cl)c3)c(CNC(CO)(CO)CO)cc2Cl)cccc1-c1cccc(OCCCN2CCCC2)c1C. The Morgan fingerprint density at radius 3 is 2.04 bits per heavy atom. The highest BCUT2D eigenvalue weighted by Crippen LogP contribution is 2.37. The first-order valence-corrected chi connectivity index (χ1v) is 18.4. The van der Waals surface area contributed by atoms with Crippen LogP contribution in [0.4, 0.5) is 0 Å². The third-order valence-corrected chi connectivity index (χ3v) is 10.2. The molecule has 0 unspecified atom stereocenters. The first-order chi connectivity index (χ1) is 24.6. The molecule has 4 aromatic carbocycles. The number of nitrogens with one attached hydrogen (secondary N) is 1. The van der Waals surface area contributed by atoms with Crippen LogP contribution in [0.15, 0.2) is 66.7 Å². The zero-order valence-corrected chi connectivity index (χ0v) is 31.5. The molecule has 0 spiro atoms. The highest BCUT2D eigenvalue weighted by molar-refractivity contribution is 6.34. The molecule has 1 aliphatic rings. The van der Waals surface area contributed by atoms with Gasteiger partial charge in [-0.05, 0) is 110 Å². The molecule has 0 radical (unpaired) electrons. The van der Waals surface area contributed by atoms with E-state index in [4.69, 9.17) is 49.0 Å². The summed E-state index contributed by atoms with van der Waals surface area (Å²) >= 11 is 19.2. The van der Waals surface area contributed by atoms with Crippen molar-refractivity contribution in [2.45, 2.75) is 58.4 Å². The number of likely N-dealkylation sites (tertiary alicyclic amines) is 1. The molecule has 0 atom stereocenters. The molecule has 1 aliphatic heterocycles. The molecule has 4 N–H and O–H groups in total. The van der Waals surface area contributed by atoms with Gasteiger partial charge in [0.05, 0.1) is 37.0 Å². The maximum absolute atomic E-state index is 9.83. The number of halogens is 3. The number of hydrogen-bond acceptors (Lipinski definition) is 8. The average molecular weight is 758 g/mol. The Morgan fingerprint density at radius 2 is 1.35 bits per heavy atom. The van der Waals surface area contributed by atoms with Crippen LogP contribution in [0.1, 0.15) is 47.1 Å². The Morgan fingerprint density at radius 1 is 0.706 bits per heavy atom. The zero-order chi connectivity index (χ0) is 36.4. The van der Waals surface area contributed by atoms with Crippen LogP contribution in [-0.4, -0.2) is 71.8 Å². The number of ether oxygens (including phenoxy) is 3. The smallest absolute Gasteiger partial charge is 0.142 e. The predicted octanol–water partition coefficient (Wildman–Crippen LogP) is 7.76. The summed E-state index contributed by atoms with van der Waals surface area (Å²) in [7, 11) is 0. The molecule has 11 heteroatoms. The topological polar surface area (TPSA) is 104 Å². The summed E-state index contributed by atoms with van der Waals surface area (Å²) < 4.78 is 18.8. The number of hydrogen-bond donors (Lipinski definition) is 4. The van der Waals surface area contributed by atoms with Crippen LogP contribution in [0, 0.1) is 13.8 Å². The minimum Gasteiger partial charge on any atom is -0.493 e. The molecule has 51 heavy (non-hydrogen) atoms. The predicted molar refractivity (Wildman–Crippen MR) is 205 cm³/mol. The summed E-state index contributed by atoms with van der Waals surface area (Å²) in [5.41, 5.74) is 5.51. The van der Waals surface area contributed by atoms with Gasteiger partial charge in [-0.15, -0.1) is 0 Å². The van der Waals surface area contributed by atoms with Crippen molar-refractivity contribution in [3.05, 3.63) is 110 Å². The molecule has 0 bridgehead atoms. The van der Waals surface area contributed by atoms with E-state index in [9.17, 15) is 15.3 Å². The first kappa shape index (κ1) is 39.2. The van der Waals surface area contributed by atoms with Crippen molar-refractivity contribution in [2.75, 3.05) is 46.1 Å². The van der Waals surface area contributed by atoms with Crippen molar-refractivity contribution in [3.8, 4) is 28.4 Å². The largest absolute Gasteiger partial charge is 0.493 e. The van der Waals surface area contributed by atoms with Crippen LogP contribution in [-0.2, 0) is 19.8 Å². The molecule has 0 aliphatic carbocycles. The molecule has 5 rings (SSSR count). The monoisotopic (exact) mass is 756 g/mol. The van der Waals surface area contributed by atoms with Gasteiger partial charge in [-0.2, -0.15) is 0 Å². The number of benzene rings is 4. The van der Waals surface area contributed by atoms with Gasteiger partial charge in [0, 0.05) is 34.8 Å². The number of aliphatic hydroxyl groups is 3. The van der Waals surface area contributed by atoms with Gasteiger partial charge in [-0.25, -0.2) is 0 Å². The van der Waals surface area contributed by atoms with Crippen molar-refractivity contribution < 1.29 is 29.5 Å². The van der Waals surface area contributed by atoms with Gasteiger partial charge in [0.1, 0.15) is 30.5 Å². The van der Waals surface area contributed by atoms with E-state index in [0.717, 1.165) is 52.1 Å². The Hall–Kier alpha value is -3.05. The van der Waals surface area contributed by atoms with Crippen molar-refractivity contribution in [2.24, 2.45) is 0 Å². The third kappa shape index (κ3) is 10.3. The fourth-order valence-electron chi connectivity index (χ4n) is 6.24. The molecule has 4 aromatic rings. The van der Waals surface area contributed by atoms with E-state index in [2.05, 4.69) is 36.2 Å². The van der Waals surface area contributed by atoms with E-state index in [1.165, 1.54) is 25.9 Å². The van der Waals surface area contributed by atoms with Crippen LogP contribution in [0.25, 0.3) is 11.1 Å². The maximum Gasteiger partial charge on any atom is 0.142 e. The molecular formula is C40H47Cl3N2O6. The summed E-state index contributed by atoms with van der Waals surface area (Å²) in [5.74, 6) is 1.78. The van der Waals surface area contributed by atoms with Crippen molar-refractivity contribution >= 4 is 34.8 Å². The Bertz CT molecular complexity index is 1730. The van der Waals surface area contributed by atoms with E-state index in [1.807, 2.05) is 24.3 Å². The highest BCUT2D eigenvalue weighted by Gasteiger charge is 2.28. The molecule has 1 heterocycles. The van der Waals surface area contributed by atoms with Gasteiger partial charge < -0.3 is 39.7 Å². The molecule has 1 saturated heterocycles.